The normalized spacial score (nSPS) is 11.6. The predicted octanol–water partition coefficient (Wildman–Crippen LogP) is 4.21. The fourth-order valence-corrected chi connectivity index (χ4v) is 3.95. The summed E-state index contributed by atoms with van der Waals surface area (Å²) < 4.78 is 73.9. The summed E-state index contributed by atoms with van der Waals surface area (Å²) in [5.41, 5.74) is -1.09. The van der Waals surface area contributed by atoms with Crippen LogP contribution in [0.4, 0.5) is 18.9 Å². The van der Waals surface area contributed by atoms with Crippen LogP contribution < -0.4 is 19.9 Å². The molecule has 0 fully saturated rings. The number of halogens is 3. The van der Waals surface area contributed by atoms with Gasteiger partial charge in [-0.25, -0.2) is 13.6 Å². The molecule has 0 atom stereocenters. The molecule has 1 amide bonds. The van der Waals surface area contributed by atoms with Gasteiger partial charge in [0.15, 0.2) is 0 Å². The second-order valence-corrected chi connectivity index (χ2v) is 8.74. The lowest BCUT2D eigenvalue weighted by molar-refractivity contribution is -0.137. The van der Waals surface area contributed by atoms with Gasteiger partial charge in [0.1, 0.15) is 16.4 Å². The number of amides is 1. The van der Waals surface area contributed by atoms with Gasteiger partial charge in [-0.1, -0.05) is 18.2 Å². The Morgan fingerprint density at radius 2 is 1.63 bits per heavy atom. The van der Waals surface area contributed by atoms with Crippen LogP contribution >= 0.6 is 0 Å². The van der Waals surface area contributed by atoms with Crippen molar-refractivity contribution in [1.29, 1.82) is 0 Å². The summed E-state index contributed by atoms with van der Waals surface area (Å²) in [6.45, 7) is 1.07. The van der Waals surface area contributed by atoms with Crippen LogP contribution in [0.1, 0.15) is 22.8 Å². The Bertz CT molecular complexity index is 1400. The number of ether oxygens (including phenoxy) is 2. The second kappa shape index (κ2) is 9.76. The topological polar surface area (TPSA) is 125 Å². The number of hydrogen-bond donors (Lipinski definition) is 2. The van der Waals surface area contributed by atoms with Crippen LogP contribution in [0, 0.1) is 0 Å². The highest BCUT2D eigenvalue weighted by Gasteiger charge is 2.34. The molecular formula is C23H19F3N2O6S. The van der Waals surface area contributed by atoms with E-state index in [1.165, 1.54) is 49.6 Å². The van der Waals surface area contributed by atoms with E-state index in [0.29, 0.717) is 0 Å². The van der Waals surface area contributed by atoms with Gasteiger partial charge in [-0.2, -0.15) is 13.2 Å². The fourth-order valence-electron chi connectivity index (χ4n) is 3.27. The molecule has 3 N–H and O–H groups in total. The number of sulfonamides is 1. The first-order valence-electron chi connectivity index (χ1n) is 9.82. The van der Waals surface area contributed by atoms with E-state index in [1.54, 1.807) is 0 Å². The van der Waals surface area contributed by atoms with Crippen molar-refractivity contribution in [3.8, 4) is 22.6 Å². The molecule has 0 heterocycles. The molecule has 0 aliphatic rings. The lowest BCUT2D eigenvalue weighted by atomic mass is 9.97. The van der Waals surface area contributed by atoms with Crippen LogP contribution in [0.5, 0.6) is 11.5 Å². The second-order valence-electron chi connectivity index (χ2n) is 7.21. The van der Waals surface area contributed by atoms with E-state index in [9.17, 15) is 31.2 Å². The minimum atomic E-state index is -4.66. The van der Waals surface area contributed by atoms with Gasteiger partial charge in [-0.05, 0) is 42.0 Å². The maximum absolute atomic E-state index is 13.5. The molecule has 3 aromatic carbocycles. The van der Waals surface area contributed by atoms with Gasteiger partial charge >= 0.3 is 12.1 Å². The number of anilines is 1. The Morgan fingerprint density at radius 1 is 0.943 bits per heavy atom. The lowest BCUT2D eigenvalue weighted by Crippen LogP contribution is -2.15. The van der Waals surface area contributed by atoms with Crippen LogP contribution in [0.3, 0.4) is 0 Å². The first-order chi connectivity index (χ1) is 16.3. The summed E-state index contributed by atoms with van der Waals surface area (Å²) in [5.74, 6) is -1.86. The molecule has 3 rings (SSSR count). The number of esters is 1. The van der Waals surface area contributed by atoms with Crippen molar-refractivity contribution in [1.82, 2.24) is 0 Å². The minimum Gasteiger partial charge on any atom is -0.495 e. The molecule has 35 heavy (non-hydrogen) atoms. The number of hydrogen-bond acceptors (Lipinski definition) is 6. The number of nitrogens with one attached hydrogen (secondary N) is 1. The van der Waals surface area contributed by atoms with Gasteiger partial charge in [0.25, 0.3) is 5.91 Å². The average Bonchev–Trinajstić information content (AvgIpc) is 2.77. The maximum Gasteiger partial charge on any atom is 0.417 e. The lowest BCUT2D eigenvalue weighted by Gasteiger charge is -2.16. The van der Waals surface area contributed by atoms with Crippen molar-refractivity contribution < 1.29 is 40.7 Å². The molecule has 0 aliphatic heterocycles. The zero-order chi connectivity index (χ0) is 26.0. The van der Waals surface area contributed by atoms with Crippen molar-refractivity contribution >= 4 is 27.6 Å². The summed E-state index contributed by atoms with van der Waals surface area (Å²) >= 11 is 0. The van der Waals surface area contributed by atoms with Crippen LogP contribution in [0.25, 0.3) is 11.1 Å². The molecule has 0 aliphatic carbocycles. The number of carbonyl (C=O) groups is 2. The van der Waals surface area contributed by atoms with Gasteiger partial charge in [0, 0.05) is 29.8 Å². The average molecular weight is 508 g/mol. The third-order valence-corrected chi connectivity index (χ3v) is 5.70. The quantitative estimate of drug-likeness (QED) is 0.380. The molecule has 184 valence electrons. The molecule has 0 bridgehead atoms. The molecule has 0 saturated heterocycles. The van der Waals surface area contributed by atoms with E-state index in [2.05, 4.69) is 5.32 Å². The highest BCUT2D eigenvalue weighted by Crippen LogP contribution is 2.40. The van der Waals surface area contributed by atoms with Crippen LogP contribution in [-0.2, 0) is 21.0 Å². The number of nitrogens with two attached hydrogens (primary N) is 1. The van der Waals surface area contributed by atoms with E-state index in [-0.39, 0.29) is 38.8 Å². The number of methoxy groups -OCH3 is 1. The van der Waals surface area contributed by atoms with E-state index in [1.807, 2.05) is 0 Å². The summed E-state index contributed by atoms with van der Waals surface area (Å²) in [5, 5.41) is 7.64. The standard InChI is InChI=1S/C23H19F3N2O6S/c1-13(29)34-19-11-14(7-9-17(19)16-5-3-4-6-18(16)23(24,25)26)22(30)28-15-8-10-21(35(27,31)32)20(12-15)33-2/h3-12H,1-2H3,(H,28,30)(H2,27,31,32). The first kappa shape index (κ1) is 25.7. The Hall–Kier alpha value is -3.90. The van der Waals surface area contributed by atoms with Gasteiger partial charge in [-0.3, -0.25) is 9.59 Å². The minimum absolute atomic E-state index is 0.0380. The molecule has 0 unspecified atom stereocenters. The predicted molar refractivity (Wildman–Crippen MR) is 121 cm³/mol. The molecule has 8 nitrogen and oxygen atoms in total. The zero-order valence-corrected chi connectivity index (χ0v) is 19.2. The van der Waals surface area contributed by atoms with Crippen molar-refractivity contribution in [2.75, 3.05) is 12.4 Å². The van der Waals surface area contributed by atoms with Crippen LogP contribution in [0.2, 0.25) is 0 Å². The van der Waals surface area contributed by atoms with Crippen molar-refractivity contribution in [3.05, 3.63) is 71.8 Å². The molecule has 0 saturated carbocycles. The van der Waals surface area contributed by atoms with Crippen LogP contribution in [-0.4, -0.2) is 27.4 Å². The highest BCUT2D eigenvalue weighted by atomic mass is 32.2. The van der Waals surface area contributed by atoms with E-state index in [4.69, 9.17) is 14.6 Å². The Labute approximate surface area is 198 Å². The van der Waals surface area contributed by atoms with Gasteiger partial charge < -0.3 is 14.8 Å². The summed E-state index contributed by atoms with van der Waals surface area (Å²) in [6.07, 6.45) is -4.66. The molecular weight excluding hydrogens is 489 g/mol. The largest absolute Gasteiger partial charge is 0.495 e. The smallest absolute Gasteiger partial charge is 0.417 e. The number of carbonyl (C=O) groups excluding carboxylic acids is 2. The molecule has 3 aromatic rings. The van der Waals surface area contributed by atoms with Gasteiger partial charge in [-0.15, -0.1) is 0 Å². The van der Waals surface area contributed by atoms with Crippen molar-refractivity contribution in [2.24, 2.45) is 5.14 Å². The Morgan fingerprint density at radius 3 is 2.23 bits per heavy atom. The first-order valence-corrected chi connectivity index (χ1v) is 11.4. The highest BCUT2D eigenvalue weighted by molar-refractivity contribution is 7.89. The summed E-state index contributed by atoms with van der Waals surface area (Å²) in [4.78, 5) is 24.1. The monoisotopic (exact) mass is 508 g/mol. The van der Waals surface area contributed by atoms with Crippen LogP contribution in [0.15, 0.2) is 65.6 Å². The molecule has 0 aromatic heterocycles. The number of benzene rings is 3. The third kappa shape index (κ3) is 5.97. The van der Waals surface area contributed by atoms with E-state index >= 15 is 0 Å². The number of rotatable bonds is 6. The SMILES string of the molecule is COc1cc(NC(=O)c2ccc(-c3ccccc3C(F)(F)F)c(OC(C)=O)c2)ccc1S(N)(=O)=O. The Balaban J connectivity index is 2.01. The zero-order valence-electron chi connectivity index (χ0n) is 18.3. The van der Waals surface area contributed by atoms with Gasteiger partial charge in [0.2, 0.25) is 10.0 Å². The van der Waals surface area contributed by atoms with E-state index in [0.717, 1.165) is 25.1 Å². The Kier molecular flexibility index (Phi) is 7.17. The van der Waals surface area contributed by atoms with Crippen molar-refractivity contribution in [3.63, 3.8) is 0 Å². The molecule has 0 spiro atoms. The summed E-state index contributed by atoms with van der Waals surface area (Å²) in [6, 6.07) is 12.1. The fraction of sp³-hybridized carbons (Fsp3) is 0.130. The third-order valence-electron chi connectivity index (χ3n) is 4.75. The molecule has 12 heteroatoms. The number of primary sulfonamides is 1. The van der Waals surface area contributed by atoms with E-state index < -0.39 is 33.6 Å². The van der Waals surface area contributed by atoms with Crippen molar-refractivity contribution in [2.45, 2.75) is 18.0 Å². The molecule has 0 radical (unpaired) electrons. The van der Waals surface area contributed by atoms with Gasteiger partial charge in [0.05, 0.1) is 12.7 Å². The number of alkyl halides is 3. The maximum atomic E-state index is 13.5. The summed E-state index contributed by atoms with van der Waals surface area (Å²) in [7, 11) is -2.85.